The normalized spacial score (nSPS) is 10.1. The van der Waals surface area contributed by atoms with E-state index in [2.05, 4.69) is 15.9 Å². The topological polar surface area (TPSA) is 17.1 Å². The number of benzene rings is 1. The monoisotopic (exact) mass is 248 g/mol. The molecule has 0 spiro atoms. The maximum Gasteiger partial charge on any atom is 0.137 e. The fraction of sp³-hybridized carbons (Fsp3) is 0.222. The van der Waals surface area contributed by atoms with E-state index in [0.29, 0.717) is 6.29 Å². The van der Waals surface area contributed by atoms with Gasteiger partial charge in [0.25, 0.3) is 0 Å². The highest BCUT2D eigenvalue weighted by Crippen LogP contribution is 2.20. The Hall–Kier alpha value is -0.770. The van der Waals surface area contributed by atoms with Gasteiger partial charge in [0.2, 0.25) is 0 Å². The number of hydrogen-bond donors (Lipinski definition) is 0. The minimum atomic E-state index is -0.512. The van der Waals surface area contributed by atoms with E-state index >= 15 is 0 Å². The predicted molar refractivity (Wildman–Crippen MR) is 48.4 cm³/mol. The van der Waals surface area contributed by atoms with E-state index in [9.17, 15) is 13.6 Å². The molecule has 70 valence electrons. The molecule has 13 heavy (non-hydrogen) atoms. The molecule has 0 aliphatic rings. The zero-order chi connectivity index (χ0) is 9.84. The molecule has 0 aliphatic carbocycles. The van der Waals surface area contributed by atoms with Gasteiger partial charge in [0.1, 0.15) is 17.9 Å². The molecule has 4 heteroatoms. The summed E-state index contributed by atoms with van der Waals surface area (Å²) in [6.45, 7) is 0. The molecule has 0 N–H and O–H groups in total. The Morgan fingerprint density at radius 3 is 2.62 bits per heavy atom. The maximum absolute atomic E-state index is 13.0. The summed E-state index contributed by atoms with van der Waals surface area (Å²) in [5.74, 6) is -1.00. The molecule has 1 aromatic carbocycles. The first-order valence-corrected chi connectivity index (χ1v) is 4.51. The molecule has 1 rings (SSSR count). The molecule has 0 aliphatic heterocycles. The molecule has 1 aromatic rings. The number of rotatable bonds is 3. The number of halogens is 3. The van der Waals surface area contributed by atoms with Crippen LogP contribution in [0.3, 0.4) is 0 Å². The second-order valence-corrected chi connectivity index (χ2v) is 3.42. The van der Waals surface area contributed by atoms with Crippen molar-refractivity contribution in [3.63, 3.8) is 0 Å². The van der Waals surface area contributed by atoms with Crippen LogP contribution in [0.2, 0.25) is 0 Å². The summed E-state index contributed by atoms with van der Waals surface area (Å²) in [6.07, 6.45) is 1.12. The minimum absolute atomic E-state index is 0.0971. The number of carbonyl (C=O) groups is 1. The molecule has 0 radical (unpaired) electrons. The molecule has 0 aromatic heterocycles. The van der Waals surface area contributed by atoms with Crippen molar-refractivity contribution in [1.82, 2.24) is 0 Å². The van der Waals surface area contributed by atoms with E-state index in [1.54, 1.807) is 0 Å². The summed E-state index contributed by atoms with van der Waals surface area (Å²) in [6, 6.07) is 2.17. The van der Waals surface area contributed by atoms with Gasteiger partial charge in [-0.25, -0.2) is 8.78 Å². The average molecular weight is 249 g/mol. The van der Waals surface area contributed by atoms with Crippen molar-refractivity contribution in [1.29, 1.82) is 0 Å². The second-order valence-electron chi connectivity index (χ2n) is 2.56. The summed E-state index contributed by atoms with van der Waals surface area (Å²) < 4.78 is 26.0. The van der Waals surface area contributed by atoms with E-state index in [4.69, 9.17) is 0 Å². The van der Waals surface area contributed by atoms with Crippen LogP contribution < -0.4 is 0 Å². The first-order valence-electron chi connectivity index (χ1n) is 3.72. The quantitative estimate of drug-likeness (QED) is 0.594. The lowest BCUT2D eigenvalue weighted by molar-refractivity contribution is -0.107. The lowest BCUT2D eigenvalue weighted by atomic mass is 10.1. The number of carbonyl (C=O) groups excluding carboxylic acids is 1. The van der Waals surface area contributed by atoms with Gasteiger partial charge in [-0.1, -0.05) is 0 Å². The van der Waals surface area contributed by atoms with Crippen LogP contribution in [0.5, 0.6) is 0 Å². The number of aryl methyl sites for hydroxylation is 1. The van der Waals surface area contributed by atoms with Gasteiger partial charge in [-0.15, -0.1) is 0 Å². The van der Waals surface area contributed by atoms with Crippen LogP contribution in [0.4, 0.5) is 8.78 Å². The summed E-state index contributed by atoms with van der Waals surface area (Å²) >= 11 is 2.86. The van der Waals surface area contributed by atoms with Crippen molar-refractivity contribution >= 4 is 22.2 Å². The Kier molecular flexibility index (Phi) is 3.54. The second kappa shape index (κ2) is 4.46. The van der Waals surface area contributed by atoms with Crippen molar-refractivity contribution < 1.29 is 13.6 Å². The van der Waals surface area contributed by atoms with E-state index in [-0.39, 0.29) is 22.9 Å². The Bertz CT molecular complexity index is 326. The standard InChI is InChI=1S/C9H7BrF2O/c10-7-5-8(11)6(2-1-3-13)4-9(7)12/h3-5H,1-2H2. The third kappa shape index (κ3) is 2.59. The Balaban J connectivity index is 2.94. The summed E-state index contributed by atoms with van der Waals surface area (Å²) in [5, 5.41) is 0. The van der Waals surface area contributed by atoms with Crippen LogP contribution in [-0.4, -0.2) is 6.29 Å². The van der Waals surface area contributed by atoms with Crippen LogP contribution in [0, 0.1) is 11.6 Å². The van der Waals surface area contributed by atoms with Crippen LogP contribution in [0.15, 0.2) is 16.6 Å². The summed E-state index contributed by atoms with van der Waals surface area (Å²) in [5.41, 5.74) is 0.229. The van der Waals surface area contributed by atoms with Crippen LogP contribution in [-0.2, 0) is 11.2 Å². The van der Waals surface area contributed by atoms with Gasteiger partial charge in [-0.05, 0) is 40.0 Å². The highest BCUT2D eigenvalue weighted by Gasteiger charge is 2.07. The molecule has 0 saturated carbocycles. The lowest BCUT2D eigenvalue weighted by Gasteiger charge is -2.01. The first-order chi connectivity index (χ1) is 6.15. The summed E-state index contributed by atoms with van der Waals surface area (Å²) in [4.78, 5) is 10.0. The number of aldehydes is 1. The minimum Gasteiger partial charge on any atom is -0.303 e. The van der Waals surface area contributed by atoms with Crippen LogP contribution >= 0.6 is 15.9 Å². The summed E-state index contributed by atoms with van der Waals surface area (Å²) in [7, 11) is 0. The first kappa shape index (κ1) is 10.3. The maximum atomic E-state index is 13.0. The van der Waals surface area contributed by atoms with E-state index < -0.39 is 11.6 Å². The smallest absolute Gasteiger partial charge is 0.137 e. The van der Waals surface area contributed by atoms with Gasteiger partial charge < -0.3 is 4.79 Å². The predicted octanol–water partition coefficient (Wildman–Crippen LogP) is 2.86. The van der Waals surface area contributed by atoms with Crippen molar-refractivity contribution in [2.24, 2.45) is 0 Å². The van der Waals surface area contributed by atoms with Gasteiger partial charge in [-0.3, -0.25) is 0 Å². The Morgan fingerprint density at radius 2 is 2.00 bits per heavy atom. The van der Waals surface area contributed by atoms with E-state index in [1.165, 1.54) is 0 Å². The van der Waals surface area contributed by atoms with Crippen LogP contribution in [0.25, 0.3) is 0 Å². The van der Waals surface area contributed by atoms with Crippen molar-refractivity contribution in [2.75, 3.05) is 0 Å². The van der Waals surface area contributed by atoms with Gasteiger partial charge in [-0.2, -0.15) is 0 Å². The molecule has 0 fully saturated rings. The highest BCUT2D eigenvalue weighted by atomic mass is 79.9. The van der Waals surface area contributed by atoms with Crippen molar-refractivity contribution in [3.8, 4) is 0 Å². The van der Waals surface area contributed by atoms with Crippen molar-refractivity contribution in [2.45, 2.75) is 12.8 Å². The molecule has 0 atom stereocenters. The van der Waals surface area contributed by atoms with Gasteiger partial charge >= 0.3 is 0 Å². The van der Waals surface area contributed by atoms with E-state index in [0.717, 1.165) is 12.1 Å². The fourth-order valence-corrected chi connectivity index (χ4v) is 1.29. The molecular formula is C9H7BrF2O. The highest BCUT2D eigenvalue weighted by molar-refractivity contribution is 9.10. The molecule has 0 heterocycles. The molecule has 0 bridgehead atoms. The van der Waals surface area contributed by atoms with Gasteiger partial charge in [0.15, 0.2) is 0 Å². The van der Waals surface area contributed by atoms with E-state index in [1.807, 2.05) is 0 Å². The number of hydrogen-bond acceptors (Lipinski definition) is 1. The Labute approximate surface area is 82.9 Å². The molecule has 1 nitrogen and oxygen atoms in total. The average Bonchev–Trinajstić information content (AvgIpc) is 2.09. The lowest BCUT2D eigenvalue weighted by Crippen LogP contribution is -1.93. The zero-order valence-electron chi connectivity index (χ0n) is 6.69. The zero-order valence-corrected chi connectivity index (χ0v) is 8.27. The van der Waals surface area contributed by atoms with Crippen molar-refractivity contribution in [3.05, 3.63) is 33.8 Å². The van der Waals surface area contributed by atoms with Crippen LogP contribution in [0.1, 0.15) is 12.0 Å². The van der Waals surface area contributed by atoms with Gasteiger partial charge in [0.05, 0.1) is 4.47 Å². The molecular weight excluding hydrogens is 242 g/mol. The fourth-order valence-electron chi connectivity index (χ4n) is 0.970. The molecule has 0 amide bonds. The largest absolute Gasteiger partial charge is 0.303 e. The third-order valence-electron chi connectivity index (χ3n) is 1.62. The van der Waals surface area contributed by atoms with Gasteiger partial charge in [0, 0.05) is 6.42 Å². The Morgan fingerprint density at radius 1 is 1.31 bits per heavy atom. The SMILES string of the molecule is O=CCCc1cc(F)c(Br)cc1F. The molecule has 0 saturated heterocycles. The third-order valence-corrected chi connectivity index (χ3v) is 2.23. The molecule has 0 unspecified atom stereocenters.